The molecule has 0 aliphatic heterocycles. The van der Waals surface area contributed by atoms with Crippen LogP contribution >= 0.6 is 0 Å². The summed E-state index contributed by atoms with van der Waals surface area (Å²) in [6, 6.07) is 61.1. The Morgan fingerprint density at radius 3 is 0.704 bits per heavy atom. The number of rotatable bonds is 8. The fraction of sp³-hybridized carbons (Fsp3) is 0. The van der Waals surface area contributed by atoms with E-state index in [0.717, 1.165) is 66.8 Å². The molecule has 2 aromatic heterocycles. The Hall–Kier alpha value is -7.30. The van der Waals surface area contributed by atoms with Crippen molar-refractivity contribution in [3.8, 4) is 89.0 Å². The molecule has 0 unspecified atom stereocenters. The Labute approximate surface area is 315 Å². The van der Waals surface area contributed by atoms with Crippen LogP contribution in [0.1, 0.15) is 0 Å². The van der Waals surface area contributed by atoms with Crippen LogP contribution in [0.3, 0.4) is 0 Å². The van der Waals surface area contributed by atoms with Crippen molar-refractivity contribution in [1.29, 1.82) is 0 Å². The zero-order chi connectivity index (χ0) is 36.1. The molecule has 0 aliphatic carbocycles. The van der Waals surface area contributed by atoms with Crippen molar-refractivity contribution in [1.82, 2.24) is 19.9 Å². The predicted octanol–water partition coefficient (Wildman–Crippen LogP) is 12.6. The van der Waals surface area contributed by atoms with E-state index in [-0.39, 0.29) is 0 Å². The molecular weight excluding hydrogens is 657 g/mol. The van der Waals surface area contributed by atoms with Gasteiger partial charge in [-0.3, -0.25) is 0 Å². The van der Waals surface area contributed by atoms with E-state index in [1.165, 1.54) is 22.3 Å². The zero-order valence-corrected chi connectivity index (χ0v) is 29.4. The molecule has 0 spiro atoms. The molecule has 0 N–H and O–H groups in total. The fourth-order valence-corrected chi connectivity index (χ4v) is 7.08. The van der Waals surface area contributed by atoms with Crippen LogP contribution < -0.4 is 0 Å². The number of nitrogens with zero attached hydrogens (tertiary/aromatic N) is 4. The van der Waals surface area contributed by atoms with Gasteiger partial charge in [-0.25, -0.2) is 19.9 Å². The summed E-state index contributed by atoms with van der Waals surface area (Å²) in [5.41, 5.74) is 18.1. The van der Waals surface area contributed by atoms with Crippen molar-refractivity contribution < 1.29 is 0 Å². The Morgan fingerprint density at radius 1 is 0.204 bits per heavy atom. The maximum absolute atomic E-state index is 4.24. The van der Waals surface area contributed by atoms with Gasteiger partial charge < -0.3 is 0 Å². The lowest BCUT2D eigenvalue weighted by Crippen LogP contribution is -1.93. The van der Waals surface area contributed by atoms with E-state index in [9.17, 15) is 0 Å². The first-order valence-electron chi connectivity index (χ1n) is 18.0. The van der Waals surface area contributed by atoms with Crippen LogP contribution in [-0.4, -0.2) is 19.9 Å². The van der Waals surface area contributed by atoms with Gasteiger partial charge in [0.15, 0.2) is 0 Å². The van der Waals surface area contributed by atoms with Crippen LogP contribution in [0.15, 0.2) is 207 Å². The van der Waals surface area contributed by atoms with E-state index >= 15 is 0 Å². The van der Waals surface area contributed by atoms with Gasteiger partial charge in [-0.1, -0.05) is 158 Å². The van der Waals surface area contributed by atoms with Gasteiger partial charge in [0.25, 0.3) is 0 Å². The lowest BCUT2D eigenvalue weighted by atomic mass is 9.84. The van der Waals surface area contributed by atoms with Gasteiger partial charge in [-0.05, 0) is 90.0 Å². The van der Waals surface area contributed by atoms with Crippen molar-refractivity contribution >= 4 is 0 Å². The van der Waals surface area contributed by atoms with Crippen LogP contribution in [0.2, 0.25) is 0 Å². The van der Waals surface area contributed by atoms with Gasteiger partial charge in [0.1, 0.15) is 12.7 Å². The molecule has 0 saturated carbocycles. The number of hydrogen-bond acceptors (Lipinski definition) is 4. The highest BCUT2D eigenvalue weighted by atomic mass is 14.8. The summed E-state index contributed by atoms with van der Waals surface area (Å²) in [6.07, 6.45) is 10.5. The Kier molecular flexibility index (Phi) is 8.90. The quantitative estimate of drug-likeness (QED) is 0.159. The second-order valence-electron chi connectivity index (χ2n) is 13.2. The molecule has 0 atom stereocenters. The van der Waals surface area contributed by atoms with Crippen LogP contribution in [0.25, 0.3) is 89.0 Å². The highest BCUT2D eigenvalue weighted by Gasteiger charge is 2.17. The lowest BCUT2D eigenvalue weighted by Gasteiger charge is -2.19. The minimum atomic E-state index is 0.986. The summed E-state index contributed by atoms with van der Waals surface area (Å²) in [5, 5.41) is 0. The minimum absolute atomic E-state index is 0.986. The first kappa shape index (κ1) is 32.6. The average Bonchev–Trinajstić information content (AvgIpc) is 3.27. The molecule has 0 bridgehead atoms. The molecule has 0 radical (unpaired) electrons. The summed E-state index contributed by atoms with van der Waals surface area (Å²) < 4.78 is 0. The first-order valence-corrected chi connectivity index (χ1v) is 18.0. The smallest absolute Gasteiger partial charge is 0.115 e. The fourth-order valence-electron chi connectivity index (χ4n) is 7.08. The van der Waals surface area contributed by atoms with Gasteiger partial charge in [-0.2, -0.15) is 0 Å². The van der Waals surface area contributed by atoms with Gasteiger partial charge >= 0.3 is 0 Å². The normalized spacial score (nSPS) is 11.0. The lowest BCUT2D eigenvalue weighted by molar-refractivity contribution is 1.17. The minimum Gasteiger partial charge on any atom is -0.244 e. The van der Waals surface area contributed by atoms with Crippen LogP contribution in [0.5, 0.6) is 0 Å². The Balaban J connectivity index is 1.23. The summed E-state index contributed by atoms with van der Waals surface area (Å²) in [7, 11) is 0. The Morgan fingerprint density at radius 2 is 0.426 bits per heavy atom. The zero-order valence-electron chi connectivity index (χ0n) is 29.4. The molecule has 0 amide bonds. The van der Waals surface area contributed by atoms with E-state index in [4.69, 9.17) is 0 Å². The molecular formula is C50H34N4. The predicted molar refractivity (Wildman–Crippen MR) is 221 cm³/mol. The summed E-state index contributed by atoms with van der Waals surface area (Å²) in [4.78, 5) is 17.0. The molecule has 9 aromatic rings. The second kappa shape index (κ2) is 14.7. The maximum Gasteiger partial charge on any atom is 0.115 e. The van der Waals surface area contributed by atoms with E-state index in [1.54, 1.807) is 12.7 Å². The summed E-state index contributed by atoms with van der Waals surface area (Å²) >= 11 is 0. The molecule has 254 valence electrons. The molecule has 54 heavy (non-hydrogen) atoms. The highest BCUT2D eigenvalue weighted by Crippen LogP contribution is 2.43. The van der Waals surface area contributed by atoms with E-state index in [1.807, 2.05) is 24.8 Å². The van der Waals surface area contributed by atoms with Crippen LogP contribution in [-0.2, 0) is 0 Å². The van der Waals surface area contributed by atoms with Crippen molar-refractivity contribution in [3.63, 3.8) is 0 Å². The Bertz CT molecular complexity index is 2250. The maximum atomic E-state index is 4.24. The topological polar surface area (TPSA) is 51.6 Å². The van der Waals surface area contributed by atoms with Crippen molar-refractivity contribution in [2.75, 3.05) is 0 Å². The van der Waals surface area contributed by atoms with Gasteiger partial charge in [-0.15, -0.1) is 0 Å². The monoisotopic (exact) mass is 690 g/mol. The molecule has 7 aromatic carbocycles. The van der Waals surface area contributed by atoms with Crippen LogP contribution in [0.4, 0.5) is 0 Å². The van der Waals surface area contributed by atoms with Gasteiger partial charge in [0.2, 0.25) is 0 Å². The van der Waals surface area contributed by atoms with Crippen molar-refractivity contribution in [2.45, 2.75) is 0 Å². The molecule has 0 fully saturated rings. The molecule has 0 aliphatic rings. The van der Waals surface area contributed by atoms with E-state index in [2.05, 4.69) is 190 Å². The standard InChI is InChI=1S/C50H34N4/c1-3-7-35(8-4-1)37-11-19-41(20-12-37)47-27-48(42-21-13-38(14-22-42)36-9-5-2-6-10-36)50(44-25-17-40(18-26-44)46-31-53-34-54-32-46)28-49(47)43-23-15-39(16-24-43)45-29-51-33-52-30-45/h1-34H. The third-order valence-corrected chi connectivity index (χ3v) is 9.94. The number of hydrogen-bond donors (Lipinski definition) is 0. The van der Waals surface area contributed by atoms with Crippen molar-refractivity contribution in [3.05, 3.63) is 207 Å². The SMILES string of the molecule is c1ccc(-c2ccc(-c3cc(-c4ccc(-c5ccccc5)cc4)c(-c4ccc(-c5cncnc5)cc4)cc3-c3ccc(-c4cncnc4)cc3)cc2)cc1. The van der Waals surface area contributed by atoms with Crippen molar-refractivity contribution in [2.24, 2.45) is 0 Å². The van der Waals surface area contributed by atoms with Crippen LogP contribution in [0, 0.1) is 0 Å². The van der Waals surface area contributed by atoms with Gasteiger partial charge in [0, 0.05) is 35.9 Å². The average molecular weight is 691 g/mol. The molecule has 4 heteroatoms. The van der Waals surface area contributed by atoms with E-state index < -0.39 is 0 Å². The molecule has 4 nitrogen and oxygen atoms in total. The molecule has 0 saturated heterocycles. The number of benzene rings is 7. The second-order valence-corrected chi connectivity index (χ2v) is 13.2. The molecule has 9 rings (SSSR count). The highest BCUT2D eigenvalue weighted by molar-refractivity contribution is 5.96. The summed E-state index contributed by atoms with van der Waals surface area (Å²) in [6.45, 7) is 0. The van der Waals surface area contributed by atoms with E-state index in [0.29, 0.717) is 0 Å². The molecule has 2 heterocycles. The largest absolute Gasteiger partial charge is 0.244 e. The first-order chi connectivity index (χ1) is 26.8. The number of aromatic nitrogens is 4. The third-order valence-electron chi connectivity index (χ3n) is 9.94. The van der Waals surface area contributed by atoms with Gasteiger partial charge in [0.05, 0.1) is 0 Å². The summed E-state index contributed by atoms with van der Waals surface area (Å²) in [5.74, 6) is 0. The third kappa shape index (κ3) is 6.72.